The molecule has 0 radical (unpaired) electrons. The first-order valence-electron chi connectivity index (χ1n) is 8.23. The van der Waals surface area contributed by atoms with Crippen LogP contribution in [0.3, 0.4) is 0 Å². The molecule has 0 unspecified atom stereocenters. The number of piperazine rings is 1. The molecule has 3 aromatic heterocycles. The van der Waals surface area contributed by atoms with Gasteiger partial charge in [-0.2, -0.15) is 9.61 Å². The highest BCUT2D eigenvalue weighted by atomic mass is 15.4. The molecule has 24 heavy (non-hydrogen) atoms. The first-order chi connectivity index (χ1) is 11.7. The van der Waals surface area contributed by atoms with E-state index in [1.807, 2.05) is 6.92 Å². The number of rotatable bonds is 3. The Balaban J connectivity index is 1.54. The van der Waals surface area contributed by atoms with Crippen LogP contribution in [0.25, 0.3) is 5.65 Å². The van der Waals surface area contributed by atoms with E-state index in [0.29, 0.717) is 0 Å². The van der Waals surface area contributed by atoms with Crippen molar-refractivity contribution in [3.8, 4) is 0 Å². The molecule has 3 aromatic rings. The highest BCUT2D eigenvalue weighted by Crippen LogP contribution is 2.23. The van der Waals surface area contributed by atoms with E-state index in [4.69, 9.17) is 0 Å². The van der Waals surface area contributed by atoms with Crippen molar-refractivity contribution < 1.29 is 0 Å². The fourth-order valence-electron chi connectivity index (χ4n) is 3.09. The standard InChI is InChI=1S/C16H20N8/c1-3-13-9-15(18-10-17-13)23-6-4-22(5-7-23)14-8-12(2)21-24-11-19-20-16(14)24/h8-11H,3-7H2,1-2H3. The van der Waals surface area contributed by atoms with Gasteiger partial charge in [0.15, 0.2) is 0 Å². The molecule has 4 heterocycles. The molecule has 0 aliphatic carbocycles. The zero-order chi connectivity index (χ0) is 16.5. The normalized spacial score (nSPS) is 15.2. The minimum Gasteiger partial charge on any atom is -0.365 e. The lowest BCUT2D eigenvalue weighted by Crippen LogP contribution is -2.47. The van der Waals surface area contributed by atoms with Gasteiger partial charge in [0.2, 0.25) is 5.65 Å². The summed E-state index contributed by atoms with van der Waals surface area (Å²) in [6.45, 7) is 7.77. The van der Waals surface area contributed by atoms with Crippen LogP contribution in [0.5, 0.6) is 0 Å². The smallest absolute Gasteiger partial charge is 0.200 e. The Labute approximate surface area is 140 Å². The van der Waals surface area contributed by atoms with Gasteiger partial charge < -0.3 is 9.80 Å². The molecular weight excluding hydrogens is 304 g/mol. The Hall–Kier alpha value is -2.77. The Morgan fingerprint density at radius 1 is 1.04 bits per heavy atom. The molecule has 1 saturated heterocycles. The summed E-state index contributed by atoms with van der Waals surface area (Å²) in [5, 5.41) is 12.6. The lowest BCUT2D eigenvalue weighted by Gasteiger charge is -2.36. The van der Waals surface area contributed by atoms with E-state index in [-0.39, 0.29) is 0 Å². The number of nitrogens with zero attached hydrogens (tertiary/aromatic N) is 8. The van der Waals surface area contributed by atoms with Gasteiger partial charge in [0, 0.05) is 37.9 Å². The van der Waals surface area contributed by atoms with Crippen LogP contribution in [0.4, 0.5) is 11.5 Å². The predicted molar refractivity (Wildman–Crippen MR) is 91.4 cm³/mol. The maximum atomic E-state index is 4.42. The zero-order valence-corrected chi connectivity index (χ0v) is 13.9. The van der Waals surface area contributed by atoms with E-state index >= 15 is 0 Å². The van der Waals surface area contributed by atoms with Crippen LogP contribution in [-0.4, -0.2) is 56.0 Å². The molecule has 124 valence electrons. The average Bonchev–Trinajstić information content (AvgIpc) is 3.09. The highest BCUT2D eigenvalue weighted by molar-refractivity contribution is 5.68. The molecule has 0 atom stereocenters. The number of hydrogen-bond donors (Lipinski definition) is 0. The summed E-state index contributed by atoms with van der Waals surface area (Å²) in [5.74, 6) is 1.01. The quantitative estimate of drug-likeness (QED) is 0.714. The van der Waals surface area contributed by atoms with E-state index in [2.05, 4.69) is 54.1 Å². The molecule has 0 spiro atoms. The van der Waals surface area contributed by atoms with Crippen LogP contribution in [-0.2, 0) is 6.42 Å². The second-order valence-corrected chi connectivity index (χ2v) is 5.97. The summed E-state index contributed by atoms with van der Waals surface area (Å²) in [5.41, 5.74) is 3.95. The predicted octanol–water partition coefficient (Wildman–Crippen LogP) is 1.11. The summed E-state index contributed by atoms with van der Waals surface area (Å²) >= 11 is 0. The molecule has 0 N–H and O–H groups in total. The van der Waals surface area contributed by atoms with Gasteiger partial charge >= 0.3 is 0 Å². The number of aryl methyl sites for hydroxylation is 2. The van der Waals surface area contributed by atoms with Crippen LogP contribution in [0, 0.1) is 6.92 Å². The highest BCUT2D eigenvalue weighted by Gasteiger charge is 2.21. The van der Waals surface area contributed by atoms with Gasteiger partial charge in [-0.1, -0.05) is 6.92 Å². The monoisotopic (exact) mass is 324 g/mol. The van der Waals surface area contributed by atoms with Gasteiger partial charge in [0.25, 0.3) is 0 Å². The molecule has 1 fully saturated rings. The van der Waals surface area contributed by atoms with Gasteiger partial charge in [-0.3, -0.25) is 0 Å². The minimum absolute atomic E-state index is 0.810. The second-order valence-electron chi connectivity index (χ2n) is 5.97. The first kappa shape index (κ1) is 14.8. The molecule has 0 amide bonds. The lowest BCUT2D eigenvalue weighted by molar-refractivity contribution is 0.645. The second kappa shape index (κ2) is 6.03. The fourth-order valence-corrected chi connectivity index (χ4v) is 3.09. The fraction of sp³-hybridized carbons (Fsp3) is 0.438. The summed E-state index contributed by atoms with van der Waals surface area (Å²) < 4.78 is 1.75. The van der Waals surface area contributed by atoms with Crippen LogP contribution in [0.15, 0.2) is 24.8 Å². The van der Waals surface area contributed by atoms with E-state index < -0.39 is 0 Å². The number of fused-ring (bicyclic) bond motifs is 1. The minimum atomic E-state index is 0.810. The zero-order valence-electron chi connectivity index (χ0n) is 13.9. The van der Waals surface area contributed by atoms with Crippen molar-refractivity contribution in [2.45, 2.75) is 20.3 Å². The molecule has 0 aromatic carbocycles. The van der Waals surface area contributed by atoms with Crippen molar-refractivity contribution in [2.75, 3.05) is 36.0 Å². The molecule has 0 bridgehead atoms. The van der Waals surface area contributed by atoms with Crippen LogP contribution in [0.2, 0.25) is 0 Å². The van der Waals surface area contributed by atoms with Crippen LogP contribution >= 0.6 is 0 Å². The van der Waals surface area contributed by atoms with Crippen molar-refractivity contribution in [2.24, 2.45) is 0 Å². The van der Waals surface area contributed by atoms with Gasteiger partial charge in [-0.05, 0) is 19.4 Å². The first-order valence-corrected chi connectivity index (χ1v) is 8.23. The average molecular weight is 324 g/mol. The number of hydrogen-bond acceptors (Lipinski definition) is 7. The molecule has 8 nitrogen and oxygen atoms in total. The molecular formula is C16H20N8. The lowest BCUT2D eigenvalue weighted by atomic mass is 10.2. The molecule has 4 rings (SSSR count). The number of aromatic nitrogens is 6. The summed E-state index contributed by atoms with van der Waals surface area (Å²) in [4.78, 5) is 13.4. The largest absolute Gasteiger partial charge is 0.365 e. The third kappa shape index (κ3) is 2.64. The van der Waals surface area contributed by atoms with E-state index in [1.54, 1.807) is 17.2 Å². The van der Waals surface area contributed by atoms with E-state index in [9.17, 15) is 0 Å². The Morgan fingerprint density at radius 3 is 2.62 bits per heavy atom. The van der Waals surface area contributed by atoms with Gasteiger partial charge in [0.05, 0.1) is 11.4 Å². The Bertz CT molecular complexity index is 850. The van der Waals surface area contributed by atoms with Crippen molar-refractivity contribution in [3.05, 3.63) is 36.2 Å². The molecule has 8 heteroatoms. The van der Waals surface area contributed by atoms with Crippen molar-refractivity contribution in [3.63, 3.8) is 0 Å². The summed E-state index contributed by atoms with van der Waals surface area (Å²) in [7, 11) is 0. The van der Waals surface area contributed by atoms with E-state index in [1.165, 1.54) is 0 Å². The number of anilines is 2. The molecule has 0 saturated carbocycles. The third-order valence-electron chi connectivity index (χ3n) is 4.39. The van der Waals surface area contributed by atoms with E-state index in [0.717, 1.165) is 61.1 Å². The molecule has 1 aliphatic heterocycles. The van der Waals surface area contributed by atoms with Crippen molar-refractivity contribution in [1.82, 2.24) is 29.8 Å². The van der Waals surface area contributed by atoms with Crippen molar-refractivity contribution in [1.29, 1.82) is 0 Å². The van der Waals surface area contributed by atoms with Crippen LogP contribution in [0.1, 0.15) is 18.3 Å². The van der Waals surface area contributed by atoms with Gasteiger partial charge in [0.1, 0.15) is 18.5 Å². The molecule has 1 aliphatic rings. The van der Waals surface area contributed by atoms with Crippen molar-refractivity contribution >= 4 is 17.2 Å². The van der Waals surface area contributed by atoms with Gasteiger partial charge in [-0.15, -0.1) is 10.2 Å². The maximum Gasteiger partial charge on any atom is 0.200 e. The SMILES string of the molecule is CCc1cc(N2CCN(c3cc(C)nn4cnnc34)CC2)ncn1. The Kier molecular flexibility index (Phi) is 3.72. The van der Waals surface area contributed by atoms with Crippen LogP contribution < -0.4 is 9.80 Å². The maximum absolute atomic E-state index is 4.42. The van der Waals surface area contributed by atoms with Gasteiger partial charge in [-0.25, -0.2) is 9.97 Å². The third-order valence-corrected chi connectivity index (χ3v) is 4.39. The Morgan fingerprint density at radius 2 is 1.83 bits per heavy atom. The topological polar surface area (TPSA) is 75.3 Å². The summed E-state index contributed by atoms with van der Waals surface area (Å²) in [6, 6.07) is 4.17. The summed E-state index contributed by atoms with van der Waals surface area (Å²) in [6.07, 6.45) is 4.23.